The maximum atomic E-state index is 12.5. The van der Waals surface area contributed by atoms with E-state index in [9.17, 15) is 4.79 Å². The molecule has 0 aliphatic rings. The van der Waals surface area contributed by atoms with Gasteiger partial charge in [-0.3, -0.25) is 9.36 Å². The lowest BCUT2D eigenvalue weighted by Gasteiger charge is -2.03. The molecule has 0 radical (unpaired) electrons. The van der Waals surface area contributed by atoms with Crippen molar-refractivity contribution in [2.24, 2.45) is 0 Å². The monoisotopic (exact) mass is 338 g/mol. The summed E-state index contributed by atoms with van der Waals surface area (Å²) in [7, 11) is 0. The van der Waals surface area contributed by atoms with Gasteiger partial charge in [-0.25, -0.2) is 4.98 Å². The second-order valence-corrected chi connectivity index (χ2v) is 5.59. The van der Waals surface area contributed by atoms with Crippen LogP contribution in [0.15, 0.2) is 64.2 Å². The van der Waals surface area contributed by atoms with Crippen LogP contribution in [-0.2, 0) is 6.54 Å². The van der Waals surface area contributed by atoms with Gasteiger partial charge in [0.25, 0.3) is 5.56 Å². The lowest BCUT2D eigenvalue weighted by Crippen LogP contribution is -2.21. The Morgan fingerprint density at radius 1 is 1.08 bits per heavy atom. The largest absolute Gasteiger partial charge is 0.337 e. The number of hydrogen-bond donors (Lipinski definition) is 0. The van der Waals surface area contributed by atoms with Crippen molar-refractivity contribution in [1.82, 2.24) is 19.7 Å². The van der Waals surface area contributed by atoms with Crippen LogP contribution in [0.3, 0.4) is 0 Å². The number of rotatable bonds is 3. The van der Waals surface area contributed by atoms with E-state index in [1.165, 1.54) is 10.9 Å². The predicted octanol–water partition coefficient (Wildman–Crippen LogP) is 3.15. The average Bonchev–Trinajstić information content (AvgIpc) is 3.06. The first-order chi connectivity index (χ1) is 11.7. The summed E-state index contributed by atoms with van der Waals surface area (Å²) >= 11 is 6.13. The molecule has 0 fully saturated rings. The van der Waals surface area contributed by atoms with Crippen molar-refractivity contribution in [2.45, 2.75) is 6.54 Å². The number of nitrogens with zero attached hydrogens (tertiary/aromatic N) is 4. The fraction of sp³-hybridized carbons (Fsp3) is 0.0588. The molecule has 2 aromatic carbocycles. The summed E-state index contributed by atoms with van der Waals surface area (Å²) in [5.41, 5.74) is 1.18. The van der Waals surface area contributed by atoms with Crippen LogP contribution < -0.4 is 5.56 Å². The molecule has 4 rings (SSSR count). The lowest BCUT2D eigenvalue weighted by atomic mass is 10.2. The molecule has 0 saturated heterocycles. The Morgan fingerprint density at radius 3 is 2.75 bits per heavy atom. The number of para-hydroxylation sites is 1. The minimum Gasteiger partial charge on any atom is -0.337 e. The zero-order valence-electron chi connectivity index (χ0n) is 12.4. The highest BCUT2D eigenvalue weighted by Crippen LogP contribution is 2.24. The molecule has 118 valence electrons. The Hall–Kier alpha value is -2.99. The first kappa shape index (κ1) is 14.6. The molecule has 0 spiro atoms. The number of fused-ring (bicyclic) bond motifs is 1. The fourth-order valence-corrected chi connectivity index (χ4v) is 2.66. The molecule has 2 aromatic heterocycles. The number of halogens is 1. The molecule has 0 atom stereocenters. The third-order valence-corrected chi connectivity index (χ3v) is 3.95. The van der Waals surface area contributed by atoms with E-state index in [1.54, 1.807) is 30.3 Å². The van der Waals surface area contributed by atoms with E-state index >= 15 is 0 Å². The third-order valence-electron chi connectivity index (χ3n) is 3.62. The van der Waals surface area contributed by atoms with Gasteiger partial charge in [0.2, 0.25) is 11.7 Å². The second-order valence-electron chi connectivity index (χ2n) is 5.19. The Morgan fingerprint density at radius 2 is 1.88 bits per heavy atom. The van der Waals surface area contributed by atoms with Gasteiger partial charge < -0.3 is 4.52 Å². The van der Waals surface area contributed by atoms with Crippen LogP contribution in [0.2, 0.25) is 5.02 Å². The smallest absolute Gasteiger partial charge is 0.261 e. The van der Waals surface area contributed by atoms with Crippen molar-refractivity contribution in [2.75, 3.05) is 0 Å². The van der Waals surface area contributed by atoms with E-state index in [4.69, 9.17) is 16.1 Å². The van der Waals surface area contributed by atoms with Crippen molar-refractivity contribution in [3.8, 4) is 11.4 Å². The molecule has 2 heterocycles. The van der Waals surface area contributed by atoms with E-state index in [1.807, 2.05) is 18.2 Å². The van der Waals surface area contributed by atoms with Gasteiger partial charge in [0, 0.05) is 5.56 Å². The number of aromatic nitrogens is 4. The quantitative estimate of drug-likeness (QED) is 0.573. The first-order valence-electron chi connectivity index (χ1n) is 7.24. The summed E-state index contributed by atoms with van der Waals surface area (Å²) < 4.78 is 6.67. The van der Waals surface area contributed by atoms with Crippen LogP contribution >= 0.6 is 11.6 Å². The average molecular weight is 339 g/mol. The summed E-state index contributed by atoms with van der Waals surface area (Å²) in [5.74, 6) is 0.696. The minimum absolute atomic E-state index is 0.147. The van der Waals surface area contributed by atoms with E-state index in [-0.39, 0.29) is 12.1 Å². The Kier molecular flexibility index (Phi) is 3.59. The molecule has 4 aromatic rings. The van der Waals surface area contributed by atoms with Gasteiger partial charge >= 0.3 is 0 Å². The summed E-state index contributed by atoms with van der Waals surface area (Å²) in [6.45, 7) is 0.147. The summed E-state index contributed by atoms with van der Waals surface area (Å²) in [5, 5.41) is 5.01. The molecule has 0 bridgehead atoms. The molecule has 0 saturated carbocycles. The van der Waals surface area contributed by atoms with Gasteiger partial charge in [-0.1, -0.05) is 41.0 Å². The number of benzene rings is 2. The van der Waals surface area contributed by atoms with Crippen molar-refractivity contribution in [3.05, 3.63) is 76.1 Å². The maximum absolute atomic E-state index is 12.5. The highest BCUT2D eigenvalue weighted by atomic mass is 35.5. The van der Waals surface area contributed by atoms with Crippen LogP contribution in [-0.4, -0.2) is 19.7 Å². The van der Waals surface area contributed by atoms with Gasteiger partial charge in [0.15, 0.2) is 0 Å². The van der Waals surface area contributed by atoms with E-state index < -0.39 is 0 Å². The van der Waals surface area contributed by atoms with Crippen molar-refractivity contribution in [3.63, 3.8) is 0 Å². The predicted molar refractivity (Wildman–Crippen MR) is 89.8 cm³/mol. The Labute approximate surface area is 141 Å². The van der Waals surface area contributed by atoms with Gasteiger partial charge in [0.05, 0.1) is 22.3 Å². The van der Waals surface area contributed by atoms with Gasteiger partial charge in [-0.05, 0) is 24.3 Å². The number of hydrogen-bond acceptors (Lipinski definition) is 5. The first-order valence-corrected chi connectivity index (χ1v) is 7.62. The zero-order chi connectivity index (χ0) is 16.5. The Bertz CT molecular complexity index is 1090. The van der Waals surface area contributed by atoms with E-state index in [0.717, 1.165) is 0 Å². The molecule has 0 N–H and O–H groups in total. The molecule has 24 heavy (non-hydrogen) atoms. The maximum Gasteiger partial charge on any atom is 0.261 e. The van der Waals surface area contributed by atoms with Gasteiger partial charge in [0.1, 0.15) is 6.54 Å². The fourth-order valence-electron chi connectivity index (χ4n) is 2.44. The molecule has 0 aliphatic carbocycles. The summed E-state index contributed by atoms with van der Waals surface area (Å²) in [6.07, 6.45) is 1.48. The van der Waals surface area contributed by atoms with Crippen LogP contribution in [0.1, 0.15) is 5.89 Å². The van der Waals surface area contributed by atoms with Gasteiger partial charge in [-0.15, -0.1) is 0 Å². The normalized spacial score (nSPS) is 11.0. The molecular weight excluding hydrogens is 328 g/mol. The summed E-state index contributed by atoms with van der Waals surface area (Å²) in [4.78, 5) is 21.1. The summed E-state index contributed by atoms with van der Waals surface area (Å²) in [6, 6.07) is 14.4. The molecule has 6 nitrogen and oxygen atoms in total. The van der Waals surface area contributed by atoms with Crippen molar-refractivity contribution in [1.29, 1.82) is 0 Å². The highest BCUT2D eigenvalue weighted by Gasteiger charge is 2.13. The Balaban J connectivity index is 1.69. The van der Waals surface area contributed by atoms with E-state index in [0.29, 0.717) is 33.2 Å². The van der Waals surface area contributed by atoms with Crippen LogP contribution in [0.25, 0.3) is 22.3 Å². The molecule has 7 heteroatoms. The molecular formula is C17H11ClN4O2. The van der Waals surface area contributed by atoms with Crippen LogP contribution in [0, 0.1) is 0 Å². The third kappa shape index (κ3) is 2.57. The van der Waals surface area contributed by atoms with E-state index in [2.05, 4.69) is 15.1 Å². The topological polar surface area (TPSA) is 73.8 Å². The molecule has 0 amide bonds. The van der Waals surface area contributed by atoms with Crippen LogP contribution in [0.4, 0.5) is 0 Å². The molecule has 0 aliphatic heterocycles. The molecule has 0 unspecified atom stereocenters. The van der Waals surface area contributed by atoms with Crippen LogP contribution in [0.5, 0.6) is 0 Å². The van der Waals surface area contributed by atoms with Crippen molar-refractivity contribution >= 4 is 22.5 Å². The highest BCUT2D eigenvalue weighted by molar-refractivity contribution is 6.33. The lowest BCUT2D eigenvalue weighted by molar-refractivity contribution is 0.369. The minimum atomic E-state index is -0.155. The van der Waals surface area contributed by atoms with Gasteiger partial charge in [-0.2, -0.15) is 4.98 Å². The zero-order valence-corrected chi connectivity index (χ0v) is 13.1. The SMILES string of the molecule is O=c1c2ccccc2ncn1Cc1nc(-c2ccccc2Cl)no1. The standard InChI is InChI=1S/C17H11ClN4O2/c18-13-7-3-1-5-11(13)16-20-15(24-21-16)9-22-10-19-14-8-4-2-6-12(14)17(22)23/h1-8,10H,9H2. The second kappa shape index (κ2) is 5.90. The van der Waals surface area contributed by atoms with Crippen molar-refractivity contribution < 1.29 is 4.52 Å².